The van der Waals surface area contributed by atoms with Crippen molar-refractivity contribution in [2.45, 2.75) is 69.5 Å². The van der Waals surface area contributed by atoms with Crippen LogP contribution in [0.25, 0.3) is 0 Å². The van der Waals surface area contributed by atoms with Gasteiger partial charge in [0.05, 0.1) is 5.92 Å². The summed E-state index contributed by atoms with van der Waals surface area (Å²) >= 11 is 0. The summed E-state index contributed by atoms with van der Waals surface area (Å²) < 4.78 is 11.2. The van der Waals surface area contributed by atoms with Crippen molar-refractivity contribution in [1.29, 1.82) is 0 Å². The smallest absolute Gasteiger partial charge is 0.418 e. The number of hydrogen-bond acceptors (Lipinski definition) is 4. The van der Waals surface area contributed by atoms with Crippen LogP contribution in [0.2, 0.25) is 0 Å². The first kappa shape index (κ1) is 13.6. The van der Waals surface area contributed by atoms with Gasteiger partial charge in [0, 0.05) is 0 Å². The maximum Gasteiger partial charge on any atom is 0.418 e. The fraction of sp³-hybridized carbons (Fsp3) is 0.882. The summed E-state index contributed by atoms with van der Waals surface area (Å²) in [5.41, 5.74) is -0.605. The third kappa shape index (κ3) is 2.18. The molecule has 0 aromatic carbocycles. The molecule has 0 aliphatic heterocycles. The van der Waals surface area contributed by atoms with Crippen molar-refractivity contribution in [3.8, 4) is 0 Å². The zero-order valence-electron chi connectivity index (χ0n) is 12.4. The van der Waals surface area contributed by atoms with E-state index in [0.717, 1.165) is 51.4 Å². The van der Waals surface area contributed by atoms with E-state index in [1.54, 1.807) is 6.47 Å². The standard InChI is InChI=1S/C17H23O4/c18-10-20-17-8-11-5-12(9-17)7-13(6-11)15(17)16(19)21-14-3-1-2-4-14/h11-15H,1-9H2. The molecule has 3 unspecified atom stereocenters. The molecular formula is C17H23O4. The number of carbonyl (C=O) groups is 1. The maximum absolute atomic E-state index is 12.7. The minimum Gasteiger partial charge on any atom is -0.462 e. The van der Waals surface area contributed by atoms with Crippen molar-refractivity contribution in [1.82, 2.24) is 0 Å². The monoisotopic (exact) mass is 291 g/mol. The first-order valence-electron chi connectivity index (χ1n) is 8.46. The molecule has 1 radical (unpaired) electrons. The van der Waals surface area contributed by atoms with Gasteiger partial charge in [0.15, 0.2) is 0 Å². The van der Waals surface area contributed by atoms with Crippen molar-refractivity contribution < 1.29 is 19.1 Å². The Bertz CT molecular complexity index is 426. The van der Waals surface area contributed by atoms with E-state index in [1.807, 2.05) is 0 Å². The number of ether oxygens (including phenoxy) is 2. The Morgan fingerprint density at radius 2 is 1.71 bits per heavy atom. The molecule has 0 heterocycles. The summed E-state index contributed by atoms with van der Waals surface area (Å²) in [4.78, 5) is 23.6. The van der Waals surface area contributed by atoms with Crippen LogP contribution in [0, 0.1) is 23.7 Å². The third-order valence-electron chi connectivity index (χ3n) is 6.33. The molecule has 4 bridgehead atoms. The summed E-state index contributed by atoms with van der Waals surface area (Å²) in [5, 5.41) is 0. The Hall–Kier alpha value is -1.06. The fourth-order valence-corrected chi connectivity index (χ4v) is 5.85. The van der Waals surface area contributed by atoms with E-state index < -0.39 is 5.60 Å². The van der Waals surface area contributed by atoms with Gasteiger partial charge in [0.25, 0.3) is 0 Å². The van der Waals surface area contributed by atoms with Gasteiger partial charge in [-0.05, 0) is 75.5 Å². The van der Waals surface area contributed by atoms with E-state index in [1.165, 1.54) is 6.42 Å². The van der Waals surface area contributed by atoms with Gasteiger partial charge in [0.1, 0.15) is 11.7 Å². The highest BCUT2D eigenvalue weighted by molar-refractivity contribution is 5.75. The van der Waals surface area contributed by atoms with Crippen molar-refractivity contribution in [2.24, 2.45) is 23.7 Å². The highest BCUT2D eigenvalue weighted by atomic mass is 16.6. The van der Waals surface area contributed by atoms with Crippen LogP contribution in [0.4, 0.5) is 0 Å². The molecule has 3 atom stereocenters. The molecule has 0 N–H and O–H groups in total. The van der Waals surface area contributed by atoms with Gasteiger partial charge in [-0.15, -0.1) is 0 Å². The molecule has 0 spiro atoms. The topological polar surface area (TPSA) is 52.6 Å². The Morgan fingerprint density at radius 3 is 2.33 bits per heavy atom. The Balaban J connectivity index is 1.56. The molecule has 0 amide bonds. The highest BCUT2D eigenvalue weighted by Crippen LogP contribution is 2.60. The van der Waals surface area contributed by atoms with Gasteiger partial charge in [-0.2, -0.15) is 0 Å². The molecule has 5 rings (SSSR count). The number of carbonyl (C=O) groups excluding carboxylic acids is 2. The zero-order chi connectivity index (χ0) is 14.4. The lowest BCUT2D eigenvalue weighted by molar-refractivity contribution is -0.197. The molecule has 5 aliphatic carbocycles. The summed E-state index contributed by atoms with van der Waals surface area (Å²) in [5.74, 6) is 1.23. The largest absolute Gasteiger partial charge is 0.462 e. The predicted octanol–water partition coefficient (Wildman–Crippen LogP) is 2.75. The second-order valence-electron chi connectivity index (χ2n) is 7.68. The van der Waals surface area contributed by atoms with Gasteiger partial charge in [0.2, 0.25) is 0 Å². The normalized spacial score (nSPS) is 44.8. The van der Waals surface area contributed by atoms with Crippen LogP contribution in [0.3, 0.4) is 0 Å². The summed E-state index contributed by atoms with van der Waals surface area (Å²) in [6.07, 6.45) is 9.48. The lowest BCUT2D eigenvalue weighted by Crippen LogP contribution is -2.61. The van der Waals surface area contributed by atoms with E-state index >= 15 is 0 Å². The lowest BCUT2D eigenvalue weighted by Gasteiger charge is -2.58. The second-order valence-corrected chi connectivity index (χ2v) is 7.68. The van der Waals surface area contributed by atoms with Crippen molar-refractivity contribution >= 4 is 12.4 Å². The van der Waals surface area contributed by atoms with Crippen LogP contribution in [0.5, 0.6) is 0 Å². The molecule has 5 aliphatic rings. The van der Waals surface area contributed by atoms with Crippen LogP contribution in [0.15, 0.2) is 0 Å². The van der Waals surface area contributed by atoms with E-state index in [4.69, 9.17) is 9.47 Å². The van der Waals surface area contributed by atoms with Crippen LogP contribution >= 0.6 is 0 Å². The van der Waals surface area contributed by atoms with E-state index in [2.05, 4.69) is 0 Å². The molecule has 21 heavy (non-hydrogen) atoms. The number of rotatable bonds is 4. The fourth-order valence-electron chi connectivity index (χ4n) is 5.85. The van der Waals surface area contributed by atoms with Crippen molar-refractivity contribution in [3.05, 3.63) is 0 Å². The Morgan fingerprint density at radius 1 is 1.05 bits per heavy atom. The molecule has 115 valence electrons. The van der Waals surface area contributed by atoms with E-state index in [-0.39, 0.29) is 18.0 Å². The first-order valence-corrected chi connectivity index (χ1v) is 8.46. The molecule has 5 fully saturated rings. The molecule has 0 aromatic heterocycles. The maximum atomic E-state index is 12.7. The van der Waals surface area contributed by atoms with Crippen molar-refractivity contribution in [3.63, 3.8) is 0 Å². The molecule has 5 saturated carbocycles. The number of hydrogen-bond donors (Lipinski definition) is 0. The van der Waals surface area contributed by atoms with Crippen molar-refractivity contribution in [2.75, 3.05) is 0 Å². The van der Waals surface area contributed by atoms with Gasteiger partial charge in [-0.1, -0.05) is 0 Å². The number of esters is 1. The summed E-state index contributed by atoms with van der Waals surface area (Å²) in [7, 11) is 0. The van der Waals surface area contributed by atoms with Crippen LogP contribution in [0.1, 0.15) is 57.8 Å². The average molecular weight is 291 g/mol. The van der Waals surface area contributed by atoms with Crippen LogP contribution in [-0.2, 0) is 19.1 Å². The van der Waals surface area contributed by atoms with Gasteiger partial charge < -0.3 is 9.47 Å². The summed E-state index contributed by atoms with van der Waals surface area (Å²) in [6, 6.07) is 0. The minimum atomic E-state index is -0.605. The quantitative estimate of drug-likeness (QED) is 0.747. The third-order valence-corrected chi connectivity index (χ3v) is 6.33. The lowest BCUT2D eigenvalue weighted by atomic mass is 9.49. The van der Waals surface area contributed by atoms with E-state index in [0.29, 0.717) is 17.8 Å². The molecular weight excluding hydrogens is 268 g/mol. The minimum absolute atomic E-state index is 0.0898. The SMILES string of the molecule is O=[C]OC12CC3CC(CC(C3)C1C(=O)OC1CCCC1)C2. The molecule has 0 aromatic rings. The Labute approximate surface area is 125 Å². The van der Waals surface area contributed by atoms with Gasteiger partial charge in [-0.25, -0.2) is 4.79 Å². The molecule has 4 heteroatoms. The predicted molar refractivity (Wildman–Crippen MR) is 74.9 cm³/mol. The van der Waals surface area contributed by atoms with Gasteiger partial charge in [-0.3, -0.25) is 4.79 Å². The second kappa shape index (κ2) is 4.99. The molecule has 4 nitrogen and oxygen atoms in total. The average Bonchev–Trinajstić information content (AvgIpc) is 2.90. The van der Waals surface area contributed by atoms with E-state index in [9.17, 15) is 9.59 Å². The summed E-state index contributed by atoms with van der Waals surface area (Å²) in [6.45, 7) is 1.65. The highest BCUT2D eigenvalue weighted by Gasteiger charge is 2.62. The van der Waals surface area contributed by atoms with Gasteiger partial charge >= 0.3 is 12.4 Å². The molecule has 0 saturated heterocycles. The van der Waals surface area contributed by atoms with Crippen LogP contribution < -0.4 is 0 Å². The first-order chi connectivity index (χ1) is 10.2. The Kier molecular flexibility index (Phi) is 3.23. The van der Waals surface area contributed by atoms with Crippen LogP contribution in [-0.4, -0.2) is 24.1 Å². The zero-order valence-corrected chi connectivity index (χ0v) is 12.4.